The second-order valence-electron chi connectivity index (χ2n) is 3.42. The van der Waals surface area contributed by atoms with E-state index in [1.165, 1.54) is 0 Å². The highest BCUT2D eigenvalue weighted by Gasteiger charge is 2.13. The highest BCUT2D eigenvalue weighted by atomic mass is 32.2. The Balaban J connectivity index is 3.01. The summed E-state index contributed by atoms with van der Waals surface area (Å²) in [5.41, 5.74) is -0.263. The number of carboxylic acids is 1. The van der Waals surface area contributed by atoms with Gasteiger partial charge in [0, 0.05) is 5.75 Å². The first-order chi connectivity index (χ1) is 7.41. The fourth-order valence-corrected chi connectivity index (χ4v) is 1.74. The molecule has 0 spiro atoms. The van der Waals surface area contributed by atoms with Gasteiger partial charge in [-0.2, -0.15) is 4.98 Å². The van der Waals surface area contributed by atoms with Crippen molar-refractivity contribution in [1.82, 2.24) is 9.97 Å². The SMILES string of the molecule is CC(C)c1c(O)nc(SCC(=O)[O-])[nH]c1=O. The lowest BCUT2D eigenvalue weighted by atomic mass is 10.1. The highest BCUT2D eigenvalue weighted by molar-refractivity contribution is 7.99. The number of carbonyl (C=O) groups excluding carboxylic acids is 1. The number of carbonyl (C=O) groups is 1. The summed E-state index contributed by atoms with van der Waals surface area (Å²) in [5, 5.41) is 19.8. The minimum absolute atomic E-state index is 0.0658. The second kappa shape index (κ2) is 5.02. The molecule has 7 heteroatoms. The molecule has 1 heterocycles. The van der Waals surface area contributed by atoms with Crippen LogP contribution in [-0.4, -0.2) is 26.8 Å². The van der Waals surface area contributed by atoms with Crippen LogP contribution in [0.15, 0.2) is 9.95 Å². The van der Waals surface area contributed by atoms with Gasteiger partial charge in [-0.15, -0.1) is 0 Å². The van der Waals surface area contributed by atoms with Crippen molar-refractivity contribution in [1.29, 1.82) is 0 Å². The molecule has 0 aliphatic heterocycles. The van der Waals surface area contributed by atoms with Gasteiger partial charge in [0.15, 0.2) is 5.16 Å². The Morgan fingerprint density at radius 3 is 2.69 bits per heavy atom. The van der Waals surface area contributed by atoms with E-state index in [1.807, 2.05) is 0 Å². The standard InChI is InChI=1S/C9H12N2O4S/c1-4(2)6-7(14)10-9(11-8(6)15)16-3-5(12)13/h4H,3H2,1-2H3,(H,12,13)(H2,10,11,14,15)/p-1. The molecular formula is C9H11N2O4S-. The van der Waals surface area contributed by atoms with Crippen molar-refractivity contribution in [3.05, 3.63) is 15.9 Å². The molecule has 16 heavy (non-hydrogen) atoms. The summed E-state index contributed by atoms with van der Waals surface area (Å²) in [7, 11) is 0. The fourth-order valence-electron chi connectivity index (χ4n) is 1.17. The zero-order valence-electron chi connectivity index (χ0n) is 8.81. The fraction of sp³-hybridized carbons (Fsp3) is 0.444. The number of aromatic amines is 1. The maximum Gasteiger partial charge on any atom is 0.258 e. The quantitative estimate of drug-likeness (QED) is 0.542. The zero-order valence-corrected chi connectivity index (χ0v) is 9.63. The first-order valence-electron chi connectivity index (χ1n) is 4.57. The molecule has 0 unspecified atom stereocenters. The molecule has 0 atom stereocenters. The Morgan fingerprint density at radius 2 is 2.25 bits per heavy atom. The Kier molecular flexibility index (Phi) is 3.94. The number of nitrogens with one attached hydrogen (secondary N) is 1. The summed E-state index contributed by atoms with van der Waals surface area (Å²) in [6, 6.07) is 0. The summed E-state index contributed by atoms with van der Waals surface area (Å²) in [5.74, 6) is -2.11. The smallest absolute Gasteiger partial charge is 0.258 e. The van der Waals surface area contributed by atoms with Crippen LogP contribution in [0.4, 0.5) is 0 Å². The molecule has 1 aromatic heterocycles. The largest absolute Gasteiger partial charge is 0.549 e. The van der Waals surface area contributed by atoms with Crippen molar-refractivity contribution in [3.8, 4) is 5.88 Å². The predicted molar refractivity (Wildman–Crippen MR) is 56.3 cm³/mol. The van der Waals surface area contributed by atoms with Crippen LogP contribution in [0.25, 0.3) is 0 Å². The average molecular weight is 243 g/mol. The molecule has 0 aliphatic rings. The molecular weight excluding hydrogens is 232 g/mol. The predicted octanol–water partition coefficient (Wildman–Crippen LogP) is -0.559. The van der Waals surface area contributed by atoms with Crippen LogP contribution < -0.4 is 10.7 Å². The third kappa shape index (κ3) is 2.99. The minimum atomic E-state index is -1.26. The third-order valence-electron chi connectivity index (χ3n) is 1.82. The van der Waals surface area contributed by atoms with E-state index in [2.05, 4.69) is 9.97 Å². The molecule has 0 aromatic carbocycles. The van der Waals surface area contributed by atoms with E-state index in [0.29, 0.717) is 0 Å². The van der Waals surface area contributed by atoms with Gasteiger partial charge in [-0.3, -0.25) is 4.79 Å². The Hall–Kier alpha value is -1.50. The lowest BCUT2D eigenvalue weighted by Gasteiger charge is -2.07. The van der Waals surface area contributed by atoms with Gasteiger partial charge < -0.3 is 20.0 Å². The van der Waals surface area contributed by atoms with Crippen molar-refractivity contribution in [2.75, 3.05) is 5.75 Å². The highest BCUT2D eigenvalue weighted by Crippen LogP contribution is 2.21. The van der Waals surface area contributed by atoms with Crippen LogP contribution in [0.1, 0.15) is 25.3 Å². The lowest BCUT2D eigenvalue weighted by molar-refractivity contribution is -0.301. The van der Waals surface area contributed by atoms with Crippen LogP contribution in [-0.2, 0) is 4.79 Å². The molecule has 0 radical (unpaired) electrons. The zero-order chi connectivity index (χ0) is 12.3. The van der Waals surface area contributed by atoms with Gasteiger partial charge in [0.05, 0.1) is 11.5 Å². The van der Waals surface area contributed by atoms with Gasteiger partial charge in [0.25, 0.3) is 5.56 Å². The van der Waals surface area contributed by atoms with Crippen molar-refractivity contribution < 1.29 is 15.0 Å². The van der Waals surface area contributed by atoms with Gasteiger partial charge in [0.1, 0.15) is 0 Å². The Morgan fingerprint density at radius 1 is 1.62 bits per heavy atom. The van der Waals surface area contributed by atoms with Gasteiger partial charge in [-0.1, -0.05) is 25.6 Å². The summed E-state index contributed by atoms with van der Waals surface area (Å²) in [4.78, 5) is 27.8. The van der Waals surface area contributed by atoms with Gasteiger partial charge in [-0.05, 0) is 5.92 Å². The van der Waals surface area contributed by atoms with Gasteiger partial charge >= 0.3 is 0 Å². The van der Waals surface area contributed by atoms with Crippen LogP contribution in [0.5, 0.6) is 5.88 Å². The monoisotopic (exact) mass is 243 g/mol. The topological polar surface area (TPSA) is 106 Å². The number of hydrogen-bond acceptors (Lipinski definition) is 6. The summed E-state index contributed by atoms with van der Waals surface area (Å²) in [6.07, 6.45) is 0. The molecule has 2 N–H and O–H groups in total. The van der Waals surface area contributed by atoms with Crippen molar-refractivity contribution in [2.45, 2.75) is 24.9 Å². The molecule has 0 saturated heterocycles. The number of thioether (sulfide) groups is 1. The number of nitrogens with zero attached hydrogens (tertiary/aromatic N) is 1. The van der Waals surface area contributed by atoms with E-state index in [9.17, 15) is 19.8 Å². The van der Waals surface area contributed by atoms with E-state index < -0.39 is 11.5 Å². The molecule has 88 valence electrons. The van der Waals surface area contributed by atoms with Gasteiger partial charge in [-0.25, -0.2) is 0 Å². The molecule has 0 fully saturated rings. The van der Waals surface area contributed by atoms with Crippen LogP contribution in [0.3, 0.4) is 0 Å². The summed E-state index contributed by atoms with van der Waals surface area (Å²) < 4.78 is 0. The van der Waals surface area contributed by atoms with Crippen molar-refractivity contribution in [3.63, 3.8) is 0 Å². The second-order valence-corrected chi connectivity index (χ2v) is 4.39. The molecule has 0 bridgehead atoms. The van der Waals surface area contributed by atoms with E-state index in [0.717, 1.165) is 11.8 Å². The van der Waals surface area contributed by atoms with Crippen LogP contribution in [0.2, 0.25) is 0 Å². The van der Waals surface area contributed by atoms with Crippen LogP contribution >= 0.6 is 11.8 Å². The minimum Gasteiger partial charge on any atom is -0.549 e. The maximum absolute atomic E-state index is 11.5. The number of H-pyrrole nitrogens is 1. The van der Waals surface area contributed by atoms with E-state index >= 15 is 0 Å². The van der Waals surface area contributed by atoms with E-state index in [4.69, 9.17) is 0 Å². The third-order valence-corrected chi connectivity index (χ3v) is 2.66. The van der Waals surface area contributed by atoms with Gasteiger partial charge in [0.2, 0.25) is 5.88 Å². The number of carboxylic acid groups (broad SMARTS) is 1. The molecule has 1 aromatic rings. The number of hydrogen-bond donors (Lipinski definition) is 2. The molecule has 0 amide bonds. The molecule has 0 aliphatic carbocycles. The maximum atomic E-state index is 11.5. The van der Waals surface area contributed by atoms with E-state index in [-0.39, 0.29) is 28.3 Å². The Labute approximate surface area is 95.7 Å². The number of aromatic nitrogens is 2. The number of rotatable bonds is 4. The number of aliphatic carboxylic acids is 1. The van der Waals surface area contributed by atoms with Crippen molar-refractivity contribution >= 4 is 17.7 Å². The molecule has 0 saturated carbocycles. The van der Waals surface area contributed by atoms with Crippen LogP contribution in [0, 0.1) is 0 Å². The summed E-state index contributed by atoms with van der Waals surface area (Å²) >= 11 is 0.789. The van der Waals surface area contributed by atoms with Crippen molar-refractivity contribution in [2.24, 2.45) is 0 Å². The number of aromatic hydroxyl groups is 1. The normalized spacial score (nSPS) is 10.7. The molecule has 1 rings (SSSR count). The average Bonchev–Trinajstić information content (AvgIpc) is 2.12. The molecule has 6 nitrogen and oxygen atoms in total. The first-order valence-corrected chi connectivity index (χ1v) is 5.56. The van der Waals surface area contributed by atoms with E-state index in [1.54, 1.807) is 13.8 Å². The lowest BCUT2D eigenvalue weighted by Crippen LogP contribution is -2.25. The first kappa shape index (κ1) is 12.6. The Bertz CT molecular complexity index is 455. The summed E-state index contributed by atoms with van der Waals surface area (Å²) in [6.45, 7) is 3.50.